The van der Waals surface area contributed by atoms with E-state index in [2.05, 4.69) is 19.8 Å². The van der Waals surface area contributed by atoms with E-state index in [1.807, 2.05) is 24.3 Å². The molecule has 2 aromatic rings. The molecule has 2 aliphatic rings. The van der Waals surface area contributed by atoms with Crippen molar-refractivity contribution in [1.82, 2.24) is 19.8 Å². The van der Waals surface area contributed by atoms with Crippen LogP contribution in [0.3, 0.4) is 0 Å². The molecule has 0 unspecified atom stereocenters. The Morgan fingerprint density at radius 2 is 1.69 bits per heavy atom. The third-order valence-electron chi connectivity index (χ3n) is 6.37. The standard InChI is InChI=1S/C22H27ClF3N5O/c1-14-15(2)27-21(22(24,25)26)28-20(14)31-12-18(19(32)13-31)30-9-7-29(8-10-30)11-16-3-5-17(23)6-4-16/h3-6,18-19,32H,7-13H2,1-2H3/t18-,19-/m1/s1. The molecule has 0 bridgehead atoms. The first kappa shape index (κ1) is 23.2. The van der Waals surface area contributed by atoms with Crippen molar-refractivity contribution < 1.29 is 18.3 Å². The number of β-amino-alcohol motifs (C(OH)–C–C–N with tert-alkyl or cyclic N) is 1. The van der Waals surface area contributed by atoms with Crippen molar-refractivity contribution in [2.75, 3.05) is 44.2 Å². The van der Waals surface area contributed by atoms with Gasteiger partial charge in [0.25, 0.3) is 0 Å². The first-order chi connectivity index (χ1) is 15.1. The lowest BCUT2D eigenvalue weighted by Crippen LogP contribution is -2.53. The fourth-order valence-electron chi connectivity index (χ4n) is 4.45. The third kappa shape index (κ3) is 5.01. The lowest BCUT2D eigenvalue weighted by atomic mass is 10.1. The Bertz CT molecular complexity index is 948. The average molecular weight is 470 g/mol. The minimum Gasteiger partial charge on any atom is -0.390 e. The van der Waals surface area contributed by atoms with Gasteiger partial charge in [-0.1, -0.05) is 23.7 Å². The minimum atomic E-state index is -4.61. The van der Waals surface area contributed by atoms with Crippen molar-refractivity contribution in [1.29, 1.82) is 0 Å². The molecular formula is C22H27ClF3N5O. The van der Waals surface area contributed by atoms with E-state index in [1.54, 1.807) is 18.7 Å². The van der Waals surface area contributed by atoms with Crippen molar-refractivity contribution >= 4 is 17.4 Å². The highest BCUT2D eigenvalue weighted by atomic mass is 35.5. The average Bonchev–Trinajstić information content (AvgIpc) is 3.13. The van der Waals surface area contributed by atoms with Crippen molar-refractivity contribution in [2.45, 2.75) is 38.7 Å². The van der Waals surface area contributed by atoms with Gasteiger partial charge in [-0.2, -0.15) is 13.2 Å². The number of benzene rings is 1. The van der Waals surface area contributed by atoms with Gasteiger partial charge in [-0.3, -0.25) is 9.80 Å². The Balaban J connectivity index is 1.40. The summed E-state index contributed by atoms with van der Waals surface area (Å²) in [5.74, 6) is -0.878. The molecule has 0 radical (unpaired) electrons. The van der Waals surface area contributed by atoms with E-state index >= 15 is 0 Å². The lowest BCUT2D eigenvalue weighted by Gasteiger charge is -2.38. The number of hydrogen-bond donors (Lipinski definition) is 1. The van der Waals surface area contributed by atoms with Crippen LogP contribution in [0.5, 0.6) is 0 Å². The van der Waals surface area contributed by atoms with Crippen LogP contribution >= 0.6 is 11.6 Å². The number of nitrogens with zero attached hydrogens (tertiary/aromatic N) is 5. The summed E-state index contributed by atoms with van der Waals surface area (Å²) in [6.07, 6.45) is -5.26. The van der Waals surface area contributed by atoms with Crippen LogP contribution in [0, 0.1) is 13.8 Å². The number of aliphatic hydroxyl groups is 1. The molecular weight excluding hydrogens is 443 g/mol. The zero-order valence-corrected chi connectivity index (χ0v) is 18.9. The third-order valence-corrected chi connectivity index (χ3v) is 6.62. The number of rotatable bonds is 4. The molecule has 1 N–H and O–H groups in total. The summed E-state index contributed by atoms with van der Waals surface area (Å²) in [5.41, 5.74) is 2.11. The van der Waals surface area contributed by atoms with Crippen LogP contribution in [0.4, 0.5) is 19.0 Å². The molecule has 0 saturated carbocycles. The van der Waals surface area contributed by atoms with Crippen LogP contribution < -0.4 is 4.90 Å². The topological polar surface area (TPSA) is 55.7 Å². The molecule has 2 aliphatic heterocycles. The fourth-order valence-corrected chi connectivity index (χ4v) is 4.58. The highest BCUT2D eigenvalue weighted by Gasteiger charge is 2.40. The van der Waals surface area contributed by atoms with E-state index in [0.29, 0.717) is 17.8 Å². The van der Waals surface area contributed by atoms with Crippen LogP contribution in [0.15, 0.2) is 24.3 Å². The van der Waals surface area contributed by atoms with Crippen molar-refractivity contribution in [3.8, 4) is 0 Å². The molecule has 32 heavy (non-hydrogen) atoms. The molecule has 0 aliphatic carbocycles. The predicted octanol–water partition coefficient (Wildman–Crippen LogP) is 3.13. The number of aliphatic hydroxyl groups excluding tert-OH is 1. The number of aromatic nitrogens is 2. The maximum atomic E-state index is 13.2. The number of aryl methyl sites for hydroxylation is 1. The Labute approximate surface area is 190 Å². The monoisotopic (exact) mass is 469 g/mol. The largest absolute Gasteiger partial charge is 0.451 e. The Morgan fingerprint density at radius 1 is 1.03 bits per heavy atom. The normalized spacial score (nSPS) is 23.2. The Kier molecular flexibility index (Phi) is 6.63. The first-order valence-electron chi connectivity index (χ1n) is 10.7. The first-order valence-corrected chi connectivity index (χ1v) is 11.1. The van der Waals surface area contributed by atoms with Gasteiger partial charge in [0, 0.05) is 62.1 Å². The fraction of sp³-hybridized carbons (Fsp3) is 0.545. The van der Waals surface area contributed by atoms with Crippen molar-refractivity contribution in [3.63, 3.8) is 0 Å². The maximum absolute atomic E-state index is 13.2. The maximum Gasteiger partial charge on any atom is 0.451 e. The predicted molar refractivity (Wildman–Crippen MR) is 117 cm³/mol. The number of anilines is 1. The lowest BCUT2D eigenvalue weighted by molar-refractivity contribution is -0.145. The number of piperazine rings is 1. The molecule has 2 saturated heterocycles. The quantitative estimate of drug-likeness (QED) is 0.742. The molecule has 1 aromatic carbocycles. The molecule has 0 spiro atoms. The Hall–Kier alpha value is -1.94. The van der Waals surface area contributed by atoms with Gasteiger partial charge in [0.1, 0.15) is 5.82 Å². The van der Waals surface area contributed by atoms with Crippen LogP contribution in [0.25, 0.3) is 0 Å². The number of hydrogen-bond acceptors (Lipinski definition) is 6. The summed E-state index contributed by atoms with van der Waals surface area (Å²) >= 11 is 5.95. The van der Waals surface area contributed by atoms with Crippen LogP contribution in [-0.2, 0) is 12.7 Å². The van der Waals surface area contributed by atoms with Gasteiger partial charge in [0.05, 0.1) is 12.1 Å². The molecule has 6 nitrogen and oxygen atoms in total. The SMILES string of the molecule is Cc1nc(C(F)(F)F)nc(N2C[C@@H](O)[C@H](N3CCN(Cc4ccc(Cl)cc4)CC3)C2)c1C. The molecule has 0 amide bonds. The van der Waals surface area contributed by atoms with Crippen LogP contribution in [0.2, 0.25) is 5.02 Å². The molecule has 2 fully saturated rings. The van der Waals surface area contributed by atoms with Gasteiger partial charge in [0.2, 0.25) is 5.82 Å². The van der Waals surface area contributed by atoms with E-state index in [0.717, 1.165) is 37.7 Å². The van der Waals surface area contributed by atoms with Gasteiger partial charge < -0.3 is 10.0 Å². The summed E-state index contributed by atoms with van der Waals surface area (Å²) in [7, 11) is 0. The zero-order chi connectivity index (χ0) is 23.0. The van der Waals surface area contributed by atoms with E-state index in [1.165, 1.54) is 5.56 Å². The molecule has 2 atom stereocenters. The summed E-state index contributed by atoms with van der Waals surface area (Å²) in [4.78, 5) is 13.8. The van der Waals surface area contributed by atoms with E-state index < -0.39 is 18.1 Å². The zero-order valence-electron chi connectivity index (χ0n) is 18.1. The van der Waals surface area contributed by atoms with E-state index in [-0.39, 0.29) is 18.4 Å². The molecule has 1 aromatic heterocycles. The molecule has 3 heterocycles. The number of alkyl halides is 3. The second-order valence-corrected chi connectivity index (χ2v) is 8.99. The summed E-state index contributed by atoms with van der Waals surface area (Å²) in [6.45, 7) is 8.10. The van der Waals surface area contributed by atoms with E-state index in [4.69, 9.17) is 11.6 Å². The molecule has 10 heteroatoms. The number of halogens is 4. The van der Waals surface area contributed by atoms with Gasteiger partial charge >= 0.3 is 6.18 Å². The summed E-state index contributed by atoms with van der Waals surface area (Å²) < 4.78 is 39.6. The van der Waals surface area contributed by atoms with Gasteiger partial charge in [-0.25, -0.2) is 9.97 Å². The minimum absolute atomic E-state index is 0.142. The smallest absolute Gasteiger partial charge is 0.390 e. The Morgan fingerprint density at radius 3 is 2.31 bits per heavy atom. The van der Waals surface area contributed by atoms with Gasteiger partial charge in [-0.05, 0) is 31.5 Å². The second-order valence-electron chi connectivity index (χ2n) is 8.56. The highest BCUT2D eigenvalue weighted by molar-refractivity contribution is 6.30. The molecule has 4 rings (SSSR count). The second kappa shape index (κ2) is 9.13. The van der Waals surface area contributed by atoms with Crippen LogP contribution in [0.1, 0.15) is 22.6 Å². The van der Waals surface area contributed by atoms with Gasteiger partial charge in [-0.15, -0.1) is 0 Å². The van der Waals surface area contributed by atoms with E-state index in [9.17, 15) is 18.3 Å². The summed E-state index contributed by atoms with van der Waals surface area (Å²) in [6, 6.07) is 7.68. The van der Waals surface area contributed by atoms with Crippen LogP contribution in [-0.4, -0.2) is 76.3 Å². The molecule has 174 valence electrons. The highest BCUT2D eigenvalue weighted by Crippen LogP contribution is 2.32. The van der Waals surface area contributed by atoms with Crippen molar-refractivity contribution in [2.24, 2.45) is 0 Å². The van der Waals surface area contributed by atoms with Crippen molar-refractivity contribution in [3.05, 3.63) is 51.9 Å². The summed E-state index contributed by atoms with van der Waals surface area (Å²) in [5, 5.41) is 11.4. The van der Waals surface area contributed by atoms with Gasteiger partial charge in [0.15, 0.2) is 0 Å².